The number of carbonyl (C=O) groups excluding carboxylic acids is 1. The van der Waals surface area contributed by atoms with Crippen molar-refractivity contribution < 1.29 is 14.4 Å². The zero-order chi connectivity index (χ0) is 19.5. The Balaban J connectivity index is 3.49. The van der Waals surface area contributed by atoms with Gasteiger partial charge >= 0.3 is 0 Å². The Kier molecular flexibility index (Phi) is 17.4. The summed E-state index contributed by atoms with van der Waals surface area (Å²) in [6.45, 7) is 10.6. The van der Waals surface area contributed by atoms with Gasteiger partial charge in [0.15, 0.2) is 0 Å². The Morgan fingerprint density at radius 3 is 1.35 bits per heavy atom. The lowest BCUT2D eigenvalue weighted by Crippen LogP contribution is -2.50. The lowest BCUT2D eigenvalue weighted by molar-refractivity contribution is -0.924. The molecule has 3 heteroatoms. The summed E-state index contributed by atoms with van der Waals surface area (Å²) in [6.07, 6.45) is 19.6. The highest BCUT2D eigenvalue weighted by atomic mass is 16.4. The number of unbranched alkanes of at least 4 members (excludes halogenated alkanes) is 13. The molecule has 0 aromatic heterocycles. The number of carboxylic acids is 1. The SMILES string of the molecule is CCCCCCCCCCCCCCCC[N+](CC)(CC)CCC(=O)[O-]. The molecule has 0 aliphatic carbocycles. The van der Waals surface area contributed by atoms with Gasteiger partial charge in [-0.15, -0.1) is 0 Å². The maximum absolute atomic E-state index is 10.8. The molecule has 26 heavy (non-hydrogen) atoms. The van der Waals surface area contributed by atoms with Gasteiger partial charge in [-0.05, 0) is 26.7 Å². The maximum atomic E-state index is 10.8. The third-order valence-electron chi connectivity index (χ3n) is 6.12. The fraction of sp³-hybridized carbons (Fsp3) is 0.957. The molecule has 0 saturated heterocycles. The molecule has 3 nitrogen and oxygen atoms in total. The van der Waals surface area contributed by atoms with Crippen molar-refractivity contribution in [2.75, 3.05) is 26.2 Å². The van der Waals surface area contributed by atoms with Crippen molar-refractivity contribution in [1.82, 2.24) is 0 Å². The lowest BCUT2D eigenvalue weighted by atomic mass is 10.0. The van der Waals surface area contributed by atoms with Crippen LogP contribution in [0, 0.1) is 0 Å². The number of carbonyl (C=O) groups is 1. The second-order valence-electron chi connectivity index (χ2n) is 8.14. The van der Waals surface area contributed by atoms with E-state index in [2.05, 4.69) is 20.8 Å². The zero-order valence-electron chi connectivity index (χ0n) is 18.2. The van der Waals surface area contributed by atoms with Gasteiger partial charge in [-0.1, -0.05) is 84.0 Å². The molecule has 0 bridgehead atoms. The molecule has 0 unspecified atom stereocenters. The second-order valence-corrected chi connectivity index (χ2v) is 8.14. The zero-order valence-corrected chi connectivity index (χ0v) is 18.2. The summed E-state index contributed by atoms with van der Waals surface area (Å²) >= 11 is 0. The number of hydrogen-bond acceptors (Lipinski definition) is 2. The van der Waals surface area contributed by atoms with Crippen LogP contribution >= 0.6 is 0 Å². The van der Waals surface area contributed by atoms with Crippen molar-refractivity contribution in [3.8, 4) is 0 Å². The van der Waals surface area contributed by atoms with Crippen LogP contribution in [0.15, 0.2) is 0 Å². The van der Waals surface area contributed by atoms with Crippen molar-refractivity contribution in [2.24, 2.45) is 0 Å². The molecule has 0 aliphatic rings. The van der Waals surface area contributed by atoms with Gasteiger partial charge in [-0.25, -0.2) is 0 Å². The second kappa shape index (κ2) is 17.8. The van der Waals surface area contributed by atoms with Crippen molar-refractivity contribution in [3.05, 3.63) is 0 Å². The Morgan fingerprint density at radius 2 is 1.00 bits per heavy atom. The van der Waals surface area contributed by atoms with E-state index in [1.165, 1.54) is 89.9 Å². The first-order chi connectivity index (χ1) is 12.6. The van der Waals surface area contributed by atoms with Crippen LogP contribution in [0.4, 0.5) is 0 Å². The van der Waals surface area contributed by atoms with Gasteiger partial charge < -0.3 is 14.4 Å². The van der Waals surface area contributed by atoms with E-state index in [0.29, 0.717) is 0 Å². The van der Waals surface area contributed by atoms with E-state index >= 15 is 0 Å². The normalized spacial score (nSPS) is 11.8. The third-order valence-corrected chi connectivity index (χ3v) is 6.12. The van der Waals surface area contributed by atoms with Crippen LogP contribution < -0.4 is 5.11 Å². The predicted octanol–water partition coefficient (Wildman–Crippen LogP) is 5.46. The molecule has 0 radical (unpaired) electrons. The quantitative estimate of drug-likeness (QED) is 0.211. The van der Waals surface area contributed by atoms with Crippen molar-refractivity contribution in [3.63, 3.8) is 0 Å². The van der Waals surface area contributed by atoms with Crippen molar-refractivity contribution >= 4 is 5.97 Å². The monoisotopic (exact) mass is 369 g/mol. The largest absolute Gasteiger partial charge is 0.550 e. The van der Waals surface area contributed by atoms with E-state index in [-0.39, 0.29) is 6.42 Å². The summed E-state index contributed by atoms with van der Waals surface area (Å²) in [5, 5.41) is 10.8. The number of aliphatic carboxylic acids is 1. The Bertz CT molecular complexity index is 313. The van der Waals surface area contributed by atoms with Gasteiger partial charge in [-0.2, -0.15) is 0 Å². The molecule has 0 amide bonds. The Hall–Kier alpha value is -0.570. The molecule has 0 atom stereocenters. The lowest BCUT2D eigenvalue weighted by Gasteiger charge is -2.37. The van der Waals surface area contributed by atoms with E-state index in [1.807, 2.05) is 0 Å². The Labute approximate surface area is 164 Å². The number of quaternary nitrogens is 1. The van der Waals surface area contributed by atoms with Gasteiger partial charge in [0, 0.05) is 12.4 Å². The topological polar surface area (TPSA) is 40.1 Å². The van der Waals surface area contributed by atoms with Crippen LogP contribution in [0.3, 0.4) is 0 Å². The number of nitrogens with zero attached hydrogens (tertiary/aromatic N) is 1. The number of hydrogen-bond donors (Lipinski definition) is 0. The van der Waals surface area contributed by atoms with Crippen LogP contribution in [0.1, 0.15) is 117 Å². The molecular formula is C23H47NO2. The van der Waals surface area contributed by atoms with Crippen molar-refractivity contribution in [1.29, 1.82) is 0 Å². The molecule has 0 heterocycles. The van der Waals surface area contributed by atoms with Crippen molar-refractivity contribution in [2.45, 2.75) is 117 Å². The summed E-state index contributed by atoms with van der Waals surface area (Å²) in [7, 11) is 0. The highest BCUT2D eigenvalue weighted by molar-refractivity contribution is 5.64. The van der Waals surface area contributed by atoms with Crippen LogP contribution in [0.5, 0.6) is 0 Å². The fourth-order valence-electron chi connectivity index (χ4n) is 3.94. The average Bonchev–Trinajstić information content (AvgIpc) is 2.64. The van der Waals surface area contributed by atoms with Crippen LogP contribution in [-0.2, 0) is 4.79 Å². The Morgan fingerprint density at radius 1 is 0.615 bits per heavy atom. The molecular weight excluding hydrogens is 322 g/mol. The summed E-state index contributed by atoms with van der Waals surface area (Å²) in [4.78, 5) is 10.8. The predicted molar refractivity (Wildman–Crippen MR) is 111 cm³/mol. The first-order valence-corrected chi connectivity index (χ1v) is 11.6. The molecule has 0 N–H and O–H groups in total. The minimum atomic E-state index is -0.907. The summed E-state index contributed by atoms with van der Waals surface area (Å²) in [5.41, 5.74) is 0. The highest BCUT2D eigenvalue weighted by Gasteiger charge is 2.21. The van der Waals surface area contributed by atoms with Crippen LogP contribution in [0.25, 0.3) is 0 Å². The number of rotatable bonds is 20. The van der Waals surface area contributed by atoms with E-state index in [0.717, 1.165) is 30.7 Å². The van der Waals surface area contributed by atoms with Crippen LogP contribution in [0.2, 0.25) is 0 Å². The van der Waals surface area contributed by atoms with Gasteiger partial charge in [0.2, 0.25) is 0 Å². The highest BCUT2D eigenvalue weighted by Crippen LogP contribution is 2.15. The maximum Gasteiger partial charge on any atom is 0.0839 e. The van der Waals surface area contributed by atoms with E-state index < -0.39 is 5.97 Å². The van der Waals surface area contributed by atoms with Gasteiger partial charge in [0.05, 0.1) is 26.2 Å². The van der Waals surface area contributed by atoms with Crippen LogP contribution in [-0.4, -0.2) is 36.6 Å². The molecule has 0 rings (SSSR count). The van der Waals surface area contributed by atoms with Gasteiger partial charge in [-0.3, -0.25) is 0 Å². The molecule has 0 saturated carbocycles. The summed E-state index contributed by atoms with van der Waals surface area (Å²) in [5.74, 6) is -0.907. The van der Waals surface area contributed by atoms with Gasteiger partial charge in [0.1, 0.15) is 0 Å². The van der Waals surface area contributed by atoms with Gasteiger partial charge in [0.25, 0.3) is 0 Å². The number of carboxylic acid groups (broad SMARTS) is 1. The first kappa shape index (κ1) is 25.4. The average molecular weight is 370 g/mol. The minimum absolute atomic E-state index is 0.195. The minimum Gasteiger partial charge on any atom is -0.550 e. The fourth-order valence-corrected chi connectivity index (χ4v) is 3.94. The van der Waals surface area contributed by atoms with E-state index in [4.69, 9.17) is 0 Å². The third kappa shape index (κ3) is 14.6. The molecule has 0 fully saturated rings. The standard InChI is InChI=1S/C23H47NO2/c1-4-7-8-9-10-11-12-13-14-15-16-17-18-19-21-24(5-2,6-3)22-20-23(25)26/h4-22H2,1-3H3. The molecule has 0 aromatic carbocycles. The molecule has 0 aromatic rings. The molecule has 156 valence electrons. The summed E-state index contributed by atoms with van der Waals surface area (Å²) in [6, 6.07) is 0. The van der Waals surface area contributed by atoms with E-state index in [9.17, 15) is 9.90 Å². The molecule has 0 spiro atoms. The smallest absolute Gasteiger partial charge is 0.0839 e. The molecule has 0 aliphatic heterocycles. The first-order valence-electron chi connectivity index (χ1n) is 11.6. The summed E-state index contributed by atoms with van der Waals surface area (Å²) < 4.78 is 0.937. The van der Waals surface area contributed by atoms with E-state index in [1.54, 1.807) is 0 Å².